The largest absolute Gasteiger partial charge is 0.387 e. The number of fused-ring (bicyclic) bond motifs is 1. The van der Waals surface area contributed by atoms with Gasteiger partial charge in [-0.3, -0.25) is 4.90 Å². The first-order valence-electron chi connectivity index (χ1n) is 7.40. The molecule has 2 N–H and O–H groups in total. The van der Waals surface area contributed by atoms with Crippen LogP contribution >= 0.6 is 0 Å². The lowest BCUT2D eigenvalue weighted by molar-refractivity contribution is -0.0501. The van der Waals surface area contributed by atoms with E-state index in [1.807, 2.05) is 0 Å². The summed E-state index contributed by atoms with van der Waals surface area (Å²) in [5.41, 5.74) is -0.449. The predicted octanol–water partition coefficient (Wildman–Crippen LogP) is 1.36. The lowest BCUT2D eigenvalue weighted by Crippen LogP contribution is -2.60. The zero-order valence-electron chi connectivity index (χ0n) is 11.0. The van der Waals surface area contributed by atoms with Gasteiger partial charge in [-0.15, -0.1) is 0 Å². The van der Waals surface area contributed by atoms with Crippen LogP contribution in [-0.2, 0) is 0 Å². The van der Waals surface area contributed by atoms with Gasteiger partial charge < -0.3 is 10.4 Å². The first-order chi connectivity index (χ1) is 8.20. The van der Waals surface area contributed by atoms with Gasteiger partial charge in [0.2, 0.25) is 0 Å². The summed E-state index contributed by atoms with van der Waals surface area (Å²) in [6.07, 6.45) is 7.21. The lowest BCUT2D eigenvalue weighted by Gasteiger charge is -2.44. The van der Waals surface area contributed by atoms with Crippen molar-refractivity contribution >= 4 is 0 Å². The molecule has 3 heteroatoms. The first kappa shape index (κ1) is 11.9. The van der Waals surface area contributed by atoms with Crippen molar-refractivity contribution in [2.24, 2.45) is 5.92 Å². The summed E-state index contributed by atoms with van der Waals surface area (Å²) in [6, 6.07) is 0.762. The topological polar surface area (TPSA) is 35.5 Å². The molecule has 0 aromatic rings. The van der Waals surface area contributed by atoms with Gasteiger partial charge in [-0.1, -0.05) is 13.3 Å². The van der Waals surface area contributed by atoms with Crippen LogP contribution in [0.2, 0.25) is 0 Å². The fourth-order valence-electron chi connectivity index (χ4n) is 4.21. The van der Waals surface area contributed by atoms with E-state index in [9.17, 15) is 5.11 Å². The van der Waals surface area contributed by atoms with Gasteiger partial charge in [0.1, 0.15) is 0 Å². The Bertz CT molecular complexity index is 283. The number of rotatable bonds is 1. The molecule has 3 rings (SSSR count). The highest BCUT2D eigenvalue weighted by molar-refractivity contribution is 5.08. The second-order valence-electron chi connectivity index (χ2n) is 6.43. The Kier molecular flexibility index (Phi) is 3.18. The number of aliphatic hydroxyl groups is 1. The molecule has 0 spiro atoms. The monoisotopic (exact) mass is 238 g/mol. The second kappa shape index (κ2) is 4.52. The van der Waals surface area contributed by atoms with Crippen LogP contribution in [0.25, 0.3) is 0 Å². The molecule has 0 saturated carbocycles. The molecule has 3 fully saturated rings. The number of hydrogen-bond donors (Lipinski definition) is 2. The molecular formula is C14H26N2O. The molecule has 3 aliphatic rings. The number of piperidine rings is 2. The highest BCUT2D eigenvalue weighted by atomic mass is 16.3. The summed E-state index contributed by atoms with van der Waals surface area (Å²) in [7, 11) is 0. The molecule has 4 unspecified atom stereocenters. The molecule has 3 heterocycles. The van der Waals surface area contributed by atoms with E-state index in [1.165, 1.54) is 32.2 Å². The number of nitrogens with one attached hydrogen (secondary N) is 1. The minimum atomic E-state index is -0.449. The van der Waals surface area contributed by atoms with Crippen LogP contribution in [0, 0.1) is 5.92 Å². The summed E-state index contributed by atoms with van der Waals surface area (Å²) < 4.78 is 0. The summed E-state index contributed by atoms with van der Waals surface area (Å²) in [5, 5.41) is 14.7. The maximum atomic E-state index is 11.1. The van der Waals surface area contributed by atoms with Crippen LogP contribution < -0.4 is 5.32 Å². The van der Waals surface area contributed by atoms with E-state index in [-0.39, 0.29) is 0 Å². The molecule has 4 atom stereocenters. The molecule has 0 radical (unpaired) electrons. The van der Waals surface area contributed by atoms with E-state index in [0.717, 1.165) is 31.8 Å². The third kappa shape index (κ3) is 2.02. The summed E-state index contributed by atoms with van der Waals surface area (Å²) >= 11 is 0. The molecule has 0 bridgehead atoms. The molecule has 0 aromatic heterocycles. The van der Waals surface area contributed by atoms with Crippen LogP contribution in [0.15, 0.2) is 0 Å². The molecule has 3 nitrogen and oxygen atoms in total. The van der Waals surface area contributed by atoms with Crippen molar-refractivity contribution in [3.05, 3.63) is 0 Å². The Morgan fingerprint density at radius 2 is 2.12 bits per heavy atom. The summed E-state index contributed by atoms with van der Waals surface area (Å²) in [6.45, 7) is 5.72. The van der Waals surface area contributed by atoms with Crippen molar-refractivity contribution in [3.8, 4) is 0 Å². The Balaban J connectivity index is 1.75. The van der Waals surface area contributed by atoms with Crippen LogP contribution in [-0.4, -0.2) is 47.3 Å². The highest BCUT2D eigenvalue weighted by Crippen LogP contribution is 2.39. The zero-order chi connectivity index (χ0) is 11.9. The van der Waals surface area contributed by atoms with Gasteiger partial charge in [0, 0.05) is 18.6 Å². The Hall–Kier alpha value is -0.120. The predicted molar refractivity (Wildman–Crippen MR) is 69.0 cm³/mol. The van der Waals surface area contributed by atoms with E-state index < -0.39 is 5.60 Å². The van der Waals surface area contributed by atoms with E-state index in [1.54, 1.807) is 0 Å². The van der Waals surface area contributed by atoms with Crippen LogP contribution in [0.1, 0.15) is 45.4 Å². The Morgan fingerprint density at radius 3 is 2.94 bits per heavy atom. The first-order valence-corrected chi connectivity index (χ1v) is 7.40. The minimum absolute atomic E-state index is 0.333. The molecule has 17 heavy (non-hydrogen) atoms. The quantitative estimate of drug-likeness (QED) is 0.724. The maximum absolute atomic E-state index is 11.1. The number of nitrogens with zero attached hydrogens (tertiary/aromatic N) is 1. The van der Waals surface area contributed by atoms with Crippen molar-refractivity contribution in [1.29, 1.82) is 0 Å². The van der Waals surface area contributed by atoms with Crippen LogP contribution in [0.3, 0.4) is 0 Å². The normalized spacial score (nSPS) is 48.0. The van der Waals surface area contributed by atoms with Crippen LogP contribution in [0.5, 0.6) is 0 Å². The van der Waals surface area contributed by atoms with Gasteiger partial charge in [-0.05, 0) is 51.1 Å². The smallest absolute Gasteiger partial charge is 0.0966 e. The third-order valence-electron chi connectivity index (χ3n) is 5.26. The van der Waals surface area contributed by atoms with Gasteiger partial charge >= 0.3 is 0 Å². The standard InChI is InChI=1S/C14H26N2O/c1-11-5-7-15-12(10-11)14(17)6-9-16-8-3-2-4-13(14)16/h11-13,15,17H,2-10H2,1H3. The van der Waals surface area contributed by atoms with E-state index in [4.69, 9.17) is 0 Å². The fraction of sp³-hybridized carbons (Fsp3) is 1.00. The average molecular weight is 238 g/mol. The Morgan fingerprint density at radius 1 is 1.24 bits per heavy atom. The SMILES string of the molecule is CC1CCNC(C2(O)CCN3CCCCC32)C1. The molecule has 0 aliphatic carbocycles. The maximum Gasteiger partial charge on any atom is 0.0966 e. The zero-order valence-corrected chi connectivity index (χ0v) is 11.0. The average Bonchev–Trinajstić information content (AvgIpc) is 2.69. The third-order valence-corrected chi connectivity index (χ3v) is 5.26. The molecule has 0 aromatic carbocycles. The van der Waals surface area contributed by atoms with Gasteiger partial charge in [0.05, 0.1) is 5.60 Å². The van der Waals surface area contributed by atoms with Crippen molar-refractivity contribution in [1.82, 2.24) is 10.2 Å². The van der Waals surface area contributed by atoms with E-state index in [2.05, 4.69) is 17.1 Å². The van der Waals surface area contributed by atoms with Gasteiger partial charge in [0.25, 0.3) is 0 Å². The van der Waals surface area contributed by atoms with Gasteiger partial charge in [-0.2, -0.15) is 0 Å². The molecule has 0 amide bonds. The lowest BCUT2D eigenvalue weighted by atomic mass is 9.77. The molecule has 3 aliphatic heterocycles. The van der Waals surface area contributed by atoms with Gasteiger partial charge in [0.15, 0.2) is 0 Å². The van der Waals surface area contributed by atoms with Crippen molar-refractivity contribution < 1.29 is 5.11 Å². The van der Waals surface area contributed by atoms with Gasteiger partial charge in [-0.25, -0.2) is 0 Å². The second-order valence-corrected chi connectivity index (χ2v) is 6.43. The molecular weight excluding hydrogens is 212 g/mol. The van der Waals surface area contributed by atoms with Crippen molar-refractivity contribution in [2.45, 2.75) is 63.1 Å². The Labute approximate surface area is 105 Å². The van der Waals surface area contributed by atoms with E-state index >= 15 is 0 Å². The van der Waals surface area contributed by atoms with E-state index in [0.29, 0.717) is 12.1 Å². The molecule has 3 saturated heterocycles. The molecule has 98 valence electrons. The highest BCUT2D eigenvalue weighted by Gasteiger charge is 2.51. The van der Waals surface area contributed by atoms with Crippen molar-refractivity contribution in [3.63, 3.8) is 0 Å². The minimum Gasteiger partial charge on any atom is -0.387 e. The van der Waals surface area contributed by atoms with Crippen molar-refractivity contribution in [2.75, 3.05) is 19.6 Å². The fourth-order valence-corrected chi connectivity index (χ4v) is 4.21. The number of hydrogen-bond acceptors (Lipinski definition) is 3. The summed E-state index contributed by atoms with van der Waals surface area (Å²) in [4.78, 5) is 2.53. The summed E-state index contributed by atoms with van der Waals surface area (Å²) in [5.74, 6) is 0.767. The van der Waals surface area contributed by atoms with Crippen LogP contribution in [0.4, 0.5) is 0 Å².